The maximum atomic E-state index is 5.25. The van der Waals surface area contributed by atoms with Crippen LogP contribution in [0.3, 0.4) is 0 Å². The number of nitrogens with one attached hydrogen (secondary N) is 1. The lowest BCUT2D eigenvalue weighted by molar-refractivity contribution is 0.415. The molecule has 0 atom stereocenters. The molecule has 0 saturated heterocycles. The highest BCUT2D eigenvalue weighted by molar-refractivity contribution is 5.49. The standard InChI is InChI=1S/C14H19NO/c1-16-13-4-2-3-12(9-13)15-14(10-5-6-10)11-7-8-11/h2-4,9-11,14-15H,5-8H2,1H3. The molecule has 2 heteroatoms. The molecular formula is C14H19NO. The molecule has 0 radical (unpaired) electrons. The minimum Gasteiger partial charge on any atom is -0.497 e. The number of anilines is 1. The predicted molar refractivity (Wildman–Crippen MR) is 65.9 cm³/mol. The maximum Gasteiger partial charge on any atom is 0.120 e. The van der Waals surface area contributed by atoms with E-state index in [1.54, 1.807) is 7.11 Å². The van der Waals surface area contributed by atoms with Gasteiger partial charge in [0.15, 0.2) is 0 Å². The molecule has 0 spiro atoms. The maximum absolute atomic E-state index is 5.25. The molecule has 0 bridgehead atoms. The molecule has 2 aliphatic carbocycles. The number of hydrogen-bond donors (Lipinski definition) is 1. The Morgan fingerprint density at radius 3 is 2.44 bits per heavy atom. The SMILES string of the molecule is COc1cccc(NC(C2CC2)C2CC2)c1. The van der Waals surface area contributed by atoms with Gasteiger partial charge in [-0.25, -0.2) is 0 Å². The summed E-state index contributed by atoms with van der Waals surface area (Å²) in [6.07, 6.45) is 5.66. The molecule has 0 unspecified atom stereocenters. The third-order valence-corrected chi connectivity index (χ3v) is 3.66. The van der Waals surface area contributed by atoms with E-state index in [2.05, 4.69) is 23.5 Å². The van der Waals surface area contributed by atoms with E-state index in [-0.39, 0.29) is 0 Å². The summed E-state index contributed by atoms with van der Waals surface area (Å²) >= 11 is 0. The minimum absolute atomic E-state index is 0.715. The van der Waals surface area contributed by atoms with Crippen molar-refractivity contribution in [2.24, 2.45) is 11.8 Å². The molecule has 0 aromatic heterocycles. The van der Waals surface area contributed by atoms with Gasteiger partial charge in [-0.3, -0.25) is 0 Å². The Morgan fingerprint density at radius 2 is 1.88 bits per heavy atom. The Balaban J connectivity index is 1.70. The Labute approximate surface area is 97.0 Å². The minimum atomic E-state index is 0.715. The molecule has 2 nitrogen and oxygen atoms in total. The molecule has 86 valence electrons. The van der Waals surface area contributed by atoms with E-state index >= 15 is 0 Å². The fourth-order valence-corrected chi connectivity index (χ4v) is 2.44. The average molecular weight is 217 g/mol. The van der Waals surface area contributed by atoms with Crippen LogP contribution in [-0.2, 0) is 0 Å². The second kappa shape index (κ2) is 4.00. The number of methoxy groups -OCH3 is 1. The third-order valence-electron chi connectivity index (χ3n) is 3.66. The highest BCUT2D eigenvalue weighted by atomic mass is 16.5. The zero-order chi connectivity index (χ0) is 11.0. The lowest BCUT2D eigenvalue weighted by Gasteiger charge is -2.19. The molecule has 0 amide bonds. The summed E-state index contributed by atoms with van der Waals surface area (Å²) in [4.78, 5) is 0. The molecule has 3 rings (SSSR count). The van der Waals surface area contributed by atoms with Crippen LogP contribution < -0.4 is 10.1 Å². The van der Waals surface area contributed by atoms with Gasteiger partial charge in [0, 0.05) is 17.8 Å². The van der Waals surface area contributed by atoms with Gasteiger partial charge in [0.2, 0.25) is 0 Å². The van der Waals surface area contributed by atoms with Crippen molar-refractivity contribution in [1.29, 1.82) is 0 Å². The fourth-order valence-electron chi connectivity index (χ4n) is 2.44. The number of benzene rings is 1. The van der Waals surface area contributed by atoms with E-state index in [0.29, 0.717) is 6.04 Å². The monoisotopic (exact) mass is 217 g/mol. The first-order chi connectivity index (χ1) is 7.86. The topological polar surface area (TPSA) is 21.3 Å². The first-order valence-electron chi connectivity index (χ1n) is 6.27. The van der Waals surface area contributed by atoms with Crippen LogP contribution in [0, 0.1) is 11.8 Å². The molecule has 16 heavy (non-hydrogen) atoms. The highest BCUT2D eigenvalue weighted by Gasteiger charge is 2.41. The summed E-state index contributed by atoms with van der Waals surface area (Å²) in [6.45, 7) is 0. The molecule has 2 saturated carbocycles. The van der Waals surface area contributed by atoms with E-state index in [0.717, 1.165) is 17.6 Å². The summed E-state index contributed by atoms with van der Waals surface area (Å²) in [5.74, 6) is 2.80. The van der Waals surface area contributed by atoms with E-state index in [4.69, 9.17) is 4.74 Å². The van der Waals surface area contributed by atoms with Crippen LogP contribution in [-0.4, -0.2) is 13.2 Å². The van der Waals surface area contributed by atoms with Gasteiger partial charge in [-0.1, -0.05) is 6.07 Å². The van der Waals surface area contributed by atoms with Crippen LogP contribution in [0.15, 0.2) is 24.3 Å². The second-order valence-electron chi connectivity index (χ2n) is 5.08. The summed E-state index contributed by atoms with van der Waals surface area (Å²) in [6, 6.07) is 9.00. The van der Waals surface area contributed by atoms with Gasteiger partial charge in [0.25, 0.3) is 0 Å². The first kappa shape index (κ1) is 10.0. The van der Waals surface area contributed by atoms with Gasteiger partial charge in [0.1, 0.15) is 5.75 Å². The third kappa shape index (κ3) is 2.16. The summed E-state index contributed by atoms with van der Waals surface area (Å²) < 4.78 is 5.25. The van der Waals surface area contributed by atoms with Gasteiger partial charge >= 0.3 is 0 Å². The molecular weight excluding hydrogens is 198 g/mol. The van der Waals surface area contributed by atoms with Gasteiger partial charge < -0.3 is 10.1 Å². The average Bonchev–Trinajstić information content (AvgIpc) is 3.18. The van der Waals surface area contributed by atoms with E-state index in [1.165, 1.54) is 31.4 Å². The Morgan fingerprint density at radius 1 is 1.19 bits per heavy atom. The van der Waals surface area contributed by atoms with Crippen LogP contribution >= 0.6 is 0 Å². The zero-order valence-electron chi connectivity index (χ0n) is 9.78. The van der Waals surface area contributed by atoms with E-state index in [9.17, 15) is 0 Å². The molecule has 0 aliphatic heterocycles. The van der Waals surface area contributed by atoms with E-state index in [1.807, 2.05) is 6.07 Å². The van der Waals surface area contributed by atoms with Gasteiger partial charge in [-0.2, -0.15) is 0 Å². The molecule has 2 aliphatic rings. The number of hydrogen-bond acceptors (Lipinski definition) is 2. The van der Waals surface area contributed by atoms with Crippen molar-refractivity contribution < 1.29 is 4.74 Å². The number of ether oxygens (including phenoxy) is 1. The zero-order valence-corrected chi connectivity index (χ0v) is 9.78. The predicted octanol–water partition coefficient (Wildman–Crippen LogP) is 3.30. The van der Waals surface area contributed by atoms with Crippen molar-refractivity contribution in [3.05, 3.63) is 24.3 Å². The van der Waals surface area contributed by atoms with Crippen molar-refractivity contribution in [3.8, 4) is 5.75 Å². The van der Waals surface area contributed by atoms with E-state index < -0.39 is 0 Å². The molecule has 2 fully saturated rings. The van der Waals surface area contributed by atoms with Crippen LogP contribution in [0.25, 0.3) is 0 Å². The lowest BCUT2D eigenvalue weighted by atomic mass is 10.1. The fraction of sp³-hybridized carbons (Fsp3) is 0.571. The molecule has 1 aromatic carbocycles. The Hall–Kier alpha value is -1.18. The van der Waals surface area contributed by atoms with Crippen LogP contribution in [0.1, 0.15) is 25.7 Å². The van der Waals surface area contributed by atoms with Crippen LogP contribution in [0.4, 0.5) is 5.69 Å². The first-order valence-corrected chi connectivity index (χ1v) is 6.27. The smallest absolute Gasteiger partial charge is 0.120 e. The highest BCUT2D eigenvalue weighted by Crippen LogP contribution is 2.45. The van der Waals surface area contributed by atoms with Crippen molar-refractivity contribution in [2.45, 2.75) is 31.7 Å². The Bertz CT molecular complexity index is 357. The normalized spacial score (nSPS) is 19.9. The largest absolute Gasteiger partial charge is 0.497 e. The van der Waals surface area contributed by atoms with Gasteiger partial charge in [-0.15, -0.1) is 0 Å². The summed E-state index contributed by atoms with van der Waals surface area (Å²) in [7, 11) is 1.72. The summed E-state index contributed by atoms with van der Waals surface area (Å²) in [5.41, 5.74) is 1.21. The van der Waals surface area contributed by atoms with Crippen molar-refractivity contribution >= 4 is 5.69 Å². The number of rotatable bonds is 5. The van der Waals surface area contributed by atoms with Crippen molar-refractivity contribution in [1.82, 2.24) is 0 Å². The van der Waals surface area contributed by atoms with Crippen molar-refractivity contribution in [3.63, 3.8) is 0 Å². The van der Waals surface area contributed by atoms with Crippen LogP contribution in [0.2, 0.25) is 0 Å². The van der Waals surface area contributed by atoms with Gasteiger partial charge in [0.05, 0.1) is 7.11 Å². The second-order valence-corrected chi connectivity index (χ2v) is 5.08. The molecule has 1 N–H and O–H groups in total. The summed E-state index contributed by atoms with van der Waals surface area (Å²) in [5, 5.41) is 3.70. The van der Waals surface area contributed by atoms with Crippen LogP contribution in [0.5, 0.6) is 5.75 Å². The van der Waals surface area contributed by atoms with Gasteiger partial charge in [-0.05, 0) is 49.7 Å². The van der Waals surface area contributed by atoms with Crippen molar-refractivity contribution in [2.75, 3.05) is 12.4 Å². The lowest BCUT2D eigenvalue weighted by Crippen LogP contribution is -2.24. The molecule has 0 heterocycles. The Kier molecular flexibility index (Phi) is 2.50. The molecule has 1 aromatic rings. The quantitative estimate of drug-likeness (QED) is 0.817.